The van der Waals surface area contributed by atoms with Crippen LogP contribution in [-0.4, -0.2) is 24.0 Å². The summed E-state index contributed by atoms with van der Waals surface area (Å²) in [7, 11) is 0. The van der Waals surface area contributed by atoms with Crippen LogP contribution in [0.2, 0.25) is 0 Å². The third kappa shape index (κ3) is 2.71. The minimum absolute atomic E-state index is 0.909. The van der Waals surface area contributed by atoms with Crippen LogP contribution < -0.4 is 0 Å². The first kappa shape index (κ1) is 11.3. The van der Waals surface area contributed by atoms with E-state index in [1.165, 1.54) is 57.2 Å². The summed E-state index contributed by atoms with van der Waals surface area (Å²) in [5.74, 6) is 1.06. The minimum atomic E-state index is 0.909. The summed E-state index contributed by atoms with van der Waals surface area (Å²) >= 11 is 0. The van der Waals surface area contributed by atoms with Gasteiger partial charge in [0.1, 0.15) is 0 Å². The maximum absolute atomic E-state index is 2.74. The lowest BCUT2D eigenvalue weighted by Gasteiger charge is -2.45. The van der Waals surface area contributed by atoms with Crippen LogP contribution >= 0.6 is 0 Å². The third-order valence-corrected chi connectivity index (χ3v) is 4.62. The van der Waals surface area contributed by atoms with E-state index < -0.39 is 0 Å². The lowest BCUT2D eigenvalue weighted by atomic mass is 9.81. The highest BCUT2D eigenvalue weighted by Crippen LogP contribution is 2.33. The lowest BCUT2D eigenvalue weighted by molar-refractivity contribution is 0.0442. The van der Waals surface area contributed by atoms with Crippen molar-refractivity contribution in [2.24, 2.45) is 5.92 Å². The van der Waals surface area contributed by atoms with Crippen molar-refractivity contribution in [1.29, 1.82) is 0 Å². The Hall–Kier alpha value is -0.820. The molecule has 0 aliphatic carbocycles. The molecular weight excluding hydrogens is 206 g/mol. The Morgan fingerprint density at radius 1 is 1.06 bits per heavy atom. The Kier molecular flexibility index (Phi) is 3.46. The summed E-state index contributed by atoms with van der Waals surface area (Å²) < 4.78 is 0. The Labute approximate surface area is 105 Å². The highest BCUT2D eigenvalue weighted by molar-refractivity contribution is 5.14. The number of fused-ring (bicyclic) bond motifs is 3. The van der Waals surface area contributed by atoms with E-state index in [1.807, 2.05) is 0 Å². The Bertz CT molecular complexity index is 338. The minimum Gasteiger partial charge on any atom is -0.300 e. The van der Waals surface area contributed by atoms with Crippen molar-refractivity contribution in [1.82, 2.24) is 4.90 Å². The first-order valence-corrected chi connectivity index (χ1v) is 7.20. The van der Waals surface area contributed by atoms with Gasteiger partial charge in [0.25, 0.3) is 0 Å². The van der Waals surface area contributed by atoms with Gasteiger partial charge in [-0.1, -0.05) is 30.3 Å². The molecule has 1 atom stereocenters. The number of hydrogen-bond acceptors (Lipinski definition) is 1. The zero-order valence-electron chi connectivity index (χ0n) is 10.6. The van der Waals surface area contributed by atoms with Crippen molar-refractivity contribution >= 4 is 0 Å². The highest BCUT2D eigenvalue weighted by Gasteiger charge is 2.32. The van der Waals surface area contributed by atoms with Gasteiger partial charge in [-0.15, -0.1) is 0 Å². The predicted octanol–water partition coefficient (Wildman–Crippen LogP) is 3.49. The van der Waals surface area contributed by atoms with E-state index in [1.54, 1.807) is 0 Å². The Balaban J connectivity index is 1.46. The lowest BCUT2D eigenvalue weighted by Crippen LogP contribution is -2.48. The fourth-order valence-electron chi connectivity index (χ4n) is 3.57. The van der Waals surface area contributed by atoms with Crippen molar-refractivity contribution < 1.29 is 0 Å². The molecule has 1 aromatic carbocycles. The standard InChI is InChI=1S/C16H23N/c1-2-5-14(6-3-1)7-4-8-16-13-15-9-11-17(16)12-10-15/h1-3,5-6,15-16H,4,7-13H2. The zero-order chi connectivity index (χ0) is 11.5. The van der Waals surface area contributed by atoms with Crippen LogP contribution in [0.5, 0.6) is 0 Å². The molecule has 3 aliphatic rings. The smallest absolute Gasteiger partial charge is 0.00980 e. The van der Waals surface area contributed by atoms with Gasteiger partial charge in [-0.25, -0.2) is 0 Å². The summed E-state index contributed by atoms with van der Waals surface area (Å²) in [6.45, 7) is 2.75. The average molecular weight is 229 g/mol. The monoisotopic (exact) mass is 229 g/mol. The second kappa shape index (κ2) is 5.22. The molecule has 0 amide bonds. The van der Waals surface area contributed by atoms with Crippen LogP contribution in [0.3, 0.4) is 0 Å². The van der Waals surface area contributed by atoms with Gasteiger partial charge in [-0.2, -0.15) is 0 Å². The van der Waals surface area contributed by atoms with Crippen LogP contribution in [0.1, 0.15) is 37.7 Å². The molecule has 3 fully saturated rings. The molecule has 17 heavy (non-hydrogen) atoms. The molecule has 1 heteroatoms. The molecule has 2 bridgehead atoms. The molecule has 3 saturated heterocycles. The number of rotatable bonds is 4. The summed E-state index contributed by atoms with van der Waals surface area (Å²) in [5, 5.41) is 0. The maximum atomic E-state index is 2.74. The topological polar surface area (TPSA) is 3.24 Å². The summed E-state index contributed by atoms with van der Waals surface area (Å²) in [6.07, 6.45) is 8.44. The Morgan fingerprint density at radius 2 is 1.82 bits per heavy atom. The van der Waals surface area contributed by atoms with E-state index in [-0.39, 0.29) is 0 Å². The van der Waals surface area contributed by atoms with Crippen molar-refractivity contribution in [2.45, 2.75) is 44.6 Å². The molecule has 92 valence electrons. The zero-order valence-corrected chi connectivity index (χ0v) is 10.6. The van der Waals surface area contributed by atoms with Gasteiger partial charge in [0.15, 0.2) is 0 Å². The summed E-state index contributed by atoms with van der Waals surface area (Å²) in [6, 6.07) is 11.8. The molecular formula is C16H23N. The van der Waals surface area contributed by atoms with Gasteiger partial charge in [0, 0.05) is 6.04 Å². The fraction of sp³-hybridized carbons (Fsp3) is 0.625. The van der Waals surface area contributed by atoms with E-state index in [4.69, 9.17) is 0 Å². The number of aryl methyl sites for hydroxylation is 1. The molecule has 3 heterocycles. The van der Waals surface area contributed by atoms with Crippen LogP contribution in [-0.2, 0) is 6.42 Å². The molecule has 3 aliphatic heterocycles. The fourth-order valence-corrected chi connectivity index (χ4v) is 3.57. The molecule has 1 unspecified atom stereocenters. The number of hydrogen-bond donors (Lipinski definition) is 0. The maximum Gasteiger partial charge on any atom is 0.00980 e. The molecule has 1 nitrogen and oxygen atoms in total. The molecule has 0 N–H and O–H groups in total. The van der Waals surface area contributed by atoms with Crippen molar-refractivity contribution in [3.05, 3.63) is 35.9 Å². The van der Waals surface area contributed by atoms with Gasteiger partial charge in [-0.05, 0) is 63.1 Å². The number of benzene rings is 1. The van der Waals surface area contributed by atoms with Crippen LogP contribution in [0.25, 0.3) is 0 Å². The quantitative estimate of drug-likeness (QED) is 0.764. The van der Waals surface area contributed by atoms with E-state index in [9.17, 15) is 0 Å². The van der Waals surface area contributed by atoms with Gasteiger partial charge in [0.05, 0.1) is 0 Å². The van der Waals surface area contributed by atoms with Crippen LogP contribution in [0, 0.1) is 5.92 Å². The second-order valence-electron chi connectivity index (χ2n) is 5.75. The van der Waals surface area contributed by atoms with Crippen molar-refractivity contribution in [2.75, 3.05) is 13.1 Å². The Morgan fingerprint density at radius 3 is 2.47 bits per heavy atom. The third-order valence-electron chi connectivity index (χ3n) is 4.62. The number of piperidine rings is 3. The average Bonchev–Trinajstić information content (AvgIpc) is 2.41. The van der Waals surface area contributed by atoms with Crippen molar-refractivity contribution in [3.8, 4) is 0 Å². The molecule has 0 saturated carbocycles. The summed E-state index contributed by atoms with van der Waals surface area (Å²) in [4.78, 5) is 2.74. The molecule has 1 aromatic rings. The van der Waals surface area contributed by atoms with E-state index >= 15 is 0 Å². The van der Waals surface area contributed by atoms with Crippen molar-refractivity contribution in [3.63, 3.8) is 0 Å². The van der Waals surface area contributed by atoms with E-state index in [2.05, 4.69) is 35.2 Å². The molecule has 4 rings (SSSR count). The normalized spacial score (nSPS) is 31.6. The molecule has 0 spiro atoms. The van der Waals surface area contributed by atoms with Gasteiger partial charge >= 0.3 is 0 Å². The predicted molar refractivity (Wildman–Crippen MR) is 72.1 cm³/mol. The SMILES string of the molecule is c1ccc(CCCC2CC3CCN2CC3)cc1. The highest BCUT2D eigenvalue weighted by atomic mass is 15.2. The summed E-state index contributed by atoms with van der Waals surface area (Å²) in [5.41, 5.74) is 1.50. The largest absolute Gasteiger partial charge is 0.300 e. The second-order valence-corrected chi connectivity index (χ2v) is 5.75. The molecule has 0 radical (unpaired) electrons. The van der Waals surface area contributed by atoms with Gasteiger partial charge in [-0.3, -0.25) is 0 Å². The number of nitrogens with zero attached hydrogens (tertiary/aromatic N) is 1. The van der Waals surface area contributed by atoms with E-state index in [0.29, 0.717) is 0 Å². The first-order chi connectivity index (χ1) is 8.42. The van der Waals surface area contributed by atoms with Crippen LogP contribution in [0.15, 0.2) is 30.3 Å². The van der Waals surface area contributed by atoms with Crippen LogP contribution in [0.4, 0.5) is 0 Å². The van der Waals surface area contributed by atoms with Gasteiger partial charge < -0.3 is 4.90 Å². The van der Waals surface area contributed by atoms with Gasteiger partial charge in [0.2, 0.25) is 0 Å². The first-order valence-electron chi connectivity index (χ1n) is 7.20. The molecule has 0 aromatic heterocycles. The van der Waals surface area contributed by atoms with E-state index in [0.717, 1.165) is 12.0 Å².